The minimum absolute atomic E-state index is 0.0650. The molecular formula is C37H32N6O15S4. The minimum atomic E-state index is -4.94. The number of azo groups is 2. The standard InChI is InChI=1S/C37H32N6O15S4/c1-19-9-31(33(57-3)17-29(19)42-40-23-7-5-21-11-25(59(45,46)47)15-35(27(21)13-23)61(51,52)53)38-37(44)39-32-10-20(2)30(18-34(32)58-4)43-41-24-8-6-22-12-26(60(48,49)50)16-36(28(22)14-24)62(54,55)56/h5-18H,1-4H3,(H2,38,39,44)(H,45,46,47)(H,48,49,50)(H,51,52,53)(H,54,55,56). The zero-order valence-electron chi connectivity index (χ0n) is 32.3. The van der Waals surface area contributed by atoms with Crippen LogP contribution in [0.2, 0.25) is 0 Å². The number of aryl methyl sites for hydroxylation is 2. The molecule has 6 aromatic carbocycles. The molecule has 0 aromatic heterocycles. The summed E-state index contributed by atoms with van der Waals surface area (Å²) in [5.74, 6) is 0.333. The number of hydrogen-bond donors (Lipinski definition) is 6. The number of ether oxygens (including phenoxy) is 2. The number of nitrogens with one attached hydrogen (secondary N) is 2. The summed E-state index contributed by atoms with van der Waals surface area (Å²) in [6.07, 6.45) is 0. The van der Waals surface area contributed by atoms with Crippen LogP contribution in [0.5, 0.6) is 11.5 Å². The Hall–Kier alpha value is -6.45. The van der Waals surface area contributed by atoms with Crippen molar-refractivity contribution in [3.8, 4) is 11.5 Å². The maximum Gasteiger partial charge on any atom is 0.323 e. The molecule has 0 aliphatic carbocycles. The fraction of sp³-hybridized carbons (Fsp3) is 0.108. The fourth-order valence-electron chi connectivity index (χ4n) is 6.02. The molecule has 0 saturated heterocycles. The van der Waals surface area contributed by atoms with Crippen LogP contribution in [0, 0.1) is 13.8 Å². The van der Waals surface area contributed by atoms with E-state index in [4.69, 9.17) is 9.47 Å². The van der Waals surface area contributed by atoms with Gasteiger partial charge in [-0.15, -0.1) is 0 Å². The van der Waals surface area contributed by atoms with Crippen LogP contribution in [-0.4, -0.2) is 72.1 Å². The highest BCUT2D eigenvalue weighted by atomic mass is 32.2. The van der Waals surface area contributed by atoms with E-state index in [0.717, 1.165) is 12.1 Å². The highest BCUT2D eigenvalue weighted by Gasteiger charge is 2.23. The molecule has 62 heavy (non-hydrogen) atoms. The molecule has 0 radical (unpaired) electrons. The SMILES string of the molecule is COc1cc(N=Nc2ccc3cc(S(=O)(=O)O)cc(S(=O)(=O)O)c3c2)c(C)cc1NC(=O)Nc1cc(C)c(N=Nc2ccc3cc(S(=O)(=O)O)cc(S(=O)(=O)O)c3c2)cc1OC. The molecule has 2 amide bonds. The number of carbonyl (C=O) groups is 1. The third kappa shape index (κ3) is 10.0. The van der Waals surface area contributed by atoms with Crippen molar-refractivity contribution in [2.75, 3.05) is 24.9 Å². The number of fused-ring (bicyclic) bond motifs is 2. The number of urea groups is 1. The summed E-state index contributed by atoms with van der Waals surface area (Å²) in [5.41, 5.74) is 2.25. The lowest BCUT2D eigenvalue weighted by molar-refractivity contribution is 0.262. The molecule has 0 aliphatic heterocycles. The van der Waals surface area contributed by atoms with Crippen molar-refractivity contribution in [2.24, 2.45) is 20.5 Å². The number of methoxy groups -OCH3 is 2. The van der Waals surface area contributed by atoms with Crippen molar-refractivity contribution in [3.05, 3.63) is 96.1 Å². The summed E-state index contributed by atoms with van der Waals surface area (Å²) in [6, 6.07) is 16.5. The van der Waals surface area contributed by atoms with Crippen molar-refractivity contribution in [3.63, 3.8) is 0 Å². The highest BCUT2D eigenvalue weighted by molar-refractivity contribution is 7.87. The molecule has 0 atom stereocenters. The Morgan fingerprint density at radius 2 is 0.871 bits per heavy atom. The van der Waals surface area contributed by atoms with Gasteiger partial charge in [-0.05, 0) is 96.4 Å². The minimum Gasteiger partial charge on any atom is -0.494 e. The number of carbonyl (C=O) groups excluding carboxylic acids is 1. The summed E-state index contributed by atoms with van der Waals surface area (Å²) in [6.45, 7) is 3.32. The van der Waals surface area contributed by atoms with Crippen LogP contribution < -0.4 is 20.1 Å². The van der Waals surface area contributed by atoms with E-state index in [9.17, 15) is 56.7 Å². The second-order valence-electron chi connectivity index (χ2n) is 13.2. The Labute approximate surface area is 353 Å². The first-order valence-electron chi connectivity index (χ1n) is 17.2. The van der Waals surface area contributed by atoms with Crippen LogP contribution in [-0.2, 0) is 40.5 Å². The summed E-state index contributed by atoms with van der Waals surface area (Å²) < 4.78 is 144. The monoisotopic (exact) mass is 928 g/mol. The number of hydrogen-bond acceptors (Lipinski definition) is 15. The number of benzene rings is 6. The highest BCUT2D eigenvalue weighted by Crippen LogP contribution is 2.38. The van der Waals surface area contributed by atoms with E-state index in [1.807, 2.05) is 0 Å². The Morgan fingerprint density at radius 1 is 0.500 bits per heavy atom. The van der Waals surface area contributed by atoms with Crippen LogP contribution >= 0.6 is 0 Å². The molecule has 0 unspecified atom stereocenters. The van der Waals surface area contributed by atoms with Crippen molar-refractivity contribution in [1.82, 2.24) is 0 Å². The van der Waals surface area contributed by atoms with Gasteiger partial charge < -0.3 is 20.1 Å². The van der Waals surface area contributed by atoms with E-state index in [1.165, 1.54) is 62.8 Å². The van der Waals surface area contributed by atoms with E-state index in [2.05, 4.69) is 31.1 Å². The van der Waals surface area contributed by atoms with Crippen molar-refractivity contribution in [1.29, 1.82) is 0 Å². The van der Waals surface area contributed by atoms with E-state index >= 15 is 0 Å². The molecule has 0 heterocycles. The van der Waals surface area contributed by atoms with Crippen LogP contribution in [0.3, 0.4) is 0 Å². The third-order valence-corrected chi connectivity index (χ3v) is 12.4. The third-order valence-electron chi connectivity index (χ3n) is 8.98. The maximum atomic E-state index is 13.3. The zero-order valence-corrected chi connectivity index (χ0v) is 35.6. The van der Waals surface area contributed by atoms with E-state index in [-0.39, 0.29) is 67.2 Å². The number of anilines is 2. The second-order valence-corrected chi connectivity index (χ2v) is 18.8. The second kappa shape index (κ2) is 16.8. The first-order chi connectivity index (χ1) is 28.8. The van der Waals surface area contributed by atoms with Crippen molar-refractivity contribution in [2.45, 2.75) is 33.4 Å². The molecule has 25 heteroatoms. The van der Waals surface area contributed by atoms with Crippen LogP contribution in [0.4, 0.5) is 38.9 Å². The average Bonchev–Trinajstić information content (AvgIpc) is 3.17. The zero-order chi connectivity index (χ0) is 45.5. The van der Waals surface area contributed by atoms with Crippen molar-refractivity contribution >= 4 is 102 Å². The molecule has 0 aliphatic rings. The number of rotatable bonds is 12. The van der Waals surface area contributed by atoms with Crippen LogP contribution in [0.25, 0.3) is 21.5 Å². The van der Waals surface area contributed by atoms with Gasteiger partial charge in [-0.2, -0.15) is 54.1 Å². The van der Waals surface area contributed by atoms with Gasteiger partial charge in [-0.1, -0.05) is 12.1 Å². The van der Waals surface area contributed by atoms with Gasteiger partial charge in [-0.3, -0.25) is 18.2 Å². The van der Waals surface area contributed by atoms with Gasteiger partial charge in [0.05, 0.1) is 58.1 Å². The Kier molecular flexibility index (Phi) is 12.2. The molecule has 6 rings (SSSR count). The molecule has 6 aromatic rings. The molecule has 324 valence electrons. The molecule has 21 nitrogen and oxygen atoms in total. The lowest BCUT2D eigenvalue weighted by atomic mass is 10.1. The van der Waals surface area contributed by atoms with E-state index < -0.39 is 66.1 Å². The van der Waals surface area contributed by atoms with Crippen molar-refractivity contribution < 1.29 is 66.2 Å². The van der Waals surface area contributed by atoms with Crippen LogP contribution in [0.15, 0.2) is 125 Å². The van der Waals surface area contributed by atoms with E-state index in [1.54, 1.807) is 26.0 Å². The normalized spacial score (nSPS) is 12.6. The van der Waals surface area contributed by atoms with Gasteiger partial charge in [0.1, 0.15) is 21.3 Å². The lowest BCUT2D eigenvalue weighted by Crippen LogP contribution is -2.20. The molecular weight excluding hydrogens is 897 g/mol. The van der Waals surface area contributed by atoms with Gasteiger partial charge in [0.15, 0.2) is 0 Å². The average molecular weight is 929 g/mol. The summed E-state index contributed by atoms with van der Waals surface area (Å²) >= 11 is 0. The predicted molar refractivity (Wildman–Crippen MR) is 224 cm³/mol. The Morgan fingerprint density at radius 3 is 1.19 bits per heavy atom. The topological polar surface area (TPSA) is 327 Å². The van der Waals surface area contributed by atoms with Crippen LogP contribution in [0.1, 0.15) is 11.1 Å². The lowest BCUT2D eigenvalue weighted by Gasteiger charge is -2.15. The molecule has 0 spiro atoms. The maximum absolute atomic E-state index is 13.3. The molecule has 0 saturated carbocycles. The summed E-state index contributed by atoms with van der Waals surface area (Å²) in [7, 11) is -16.8. The van der Waals surface area contributed by atoms with Gasteiger partial charge in [0, 0.05) is 22.9 Å². The molecule has 0 fully saturated rings. The largest absolute Gasteiger partial charge is 0.494 e. The molecule has 6 N–H and O–H groups in total. The smallest absolute Gasteiger partial charge is 0.323 e. The molecule has 0 bridgehead atoms. The Bertz CT molecular complexity index is 3160. The number of amides is 2. The first kappa shape index (κ1) is 45.1. The first-order valence-corrected chi connectivity index (χ1v) is 23.0. The Balaban J connectivity index is 1.21. The predicted octanol–water partition coefficient (Wildman–Crippen LogP) is 8.09. The fourth-order valence-corrected chi connectivity index (χ4v) is 8.72. The number of nitrogens with zero attached hydrogens (tertiary/aromatic N) is 4. The van der Waals surface area contributed by atoms with E-state index in [0.29, 0.717) is 23.3 Å². The van der Waals surface area contributed by atoms with Gasteiger partial charge in [0.2, 0.25) is 0 Å². The van der Waals surface area contributed by atoms with Gasteiger partial charge >= 0.3 is 6.03 Å². The van der Waals surface area contributed by atoms with Gasteiger partial charge in [0.25, 0.3) is 40.5 Å². The van der Waals surface area contributed by atoms with Gasteiger partial charge in [-0.25, -0.2) is 4.79 Å². The summed E-state index contributed by atoms with van der Waals surface area (Å²) in [4.78, 5) is 10.2. The quantitative estimate of drug-likeness (QED) is 0.0499. The summed E-state index contributed by atoms with van der Waals surface area (Å²) in [5, 5.41) is 22.0.